The van der Waals surface area contributed by atoms with Crippen LogP contribution in [0.15, 0.2) is 34.8 Å². The summed E-state index contributed by atoms with van der Waals surface area (Å²) >= 11 is 10.9. The van der Waals surface area contributed by atoms with E-state index in [4.69, 9.17) is 16.3 Å². The minimum atomic E-state index is -0.161. The maximum absolute atomic E-state index is 11.1. The van der Waals surface area contributed by atoms with Crippen LogP contribution in [0.4, 0.5) is 5.69 Å². The van der Waals surface area contributed by atoms with E-state index in [0.717, 1.165) is 19.4 Å². The predicted octanol–water partition coefficient (Wildman–Crippen LogP) is 3.90. The first-order valence-corrected chi connectivity index (χ1v) is 8.18. The van der Waals surface area contributed by atoms with Crippen LogP contribution in [0.1, 0.15) is 4.88 Å². The zero-order chi connectivity index (χ0) is 15.2. The first-order valence-electron chi connectivity index (χ1n) is 6.19. The molecule has 0 bridgehead atoms. The summed E-state index contributed by atoms with van der Waals surface area (Å²) in [7, 11) is 1.58. The quantitative estimate of drug-likeness (QED) is 0.788. The molecule has 0 fully saturated rings. The molecule has 0 aliphatic heterocycles. The van der Waals surface area contributed by atoms with Gasteiger partial charge in [-0.05, 0) is 34.1 Å². The molecule has 112 valence electrons. The fourth-order valence-electron chi connectivity index (χ4n) is 1.58. The summed E-state index contributed by atoms with van der Waals surface area (Å²) < 4.78 is 7.05. The lowest BCUT2D eigenvalue weighted by atomic mass is 10.3. The largest absolute Gasteiger partial charge is 0.484 e. The van der Waals surface area contributed by atoms with E-state index < -0.39 is 0 Å². The summed E-state index contributed by atoms with van der Waals surface area (Å²) in [5.74, 6) is 0.487. The first-order chi connectivity index (χ1) is 10.1. The molecule has 2 aromatic rings. The Labute approximate surface area is 140 Å². The monoisotopic (exact) mass is 388 g/mol. The third-order valence-corrected chi connectivity index (χ3v) is 5.12. The number of amides is 1. The number of rotatable bonds is 6. The summed E-state index contributed by atoms with van der Waals surface area (Å²) in [5, 5.41) is 5.80. The molecule has 0 saturated carbocycles. The summed E-state index contributed by atoms with van der Waals surface area (Å²) in [5.41, 5.74) is 0.921. The number of likely N-dealkylation sites (N-methyl/N-ethyl adjacent to an activating group) is 1. The minimum Gasteiger partial charge on any atom is -0.484 e. The van der Waals surface area contributed by atoms with Crippen molar-refractivity contribution in [1.82, 2.24) is 5.32 Å². The van der Waals surface area contributed by atoms with Gasteiger partial charge in [0.1, 0.15) is 10.1 Å². The van der Waals surface area contributed by atoms with E-state index in [1.807, 2.05) is 30.3 Å². The Morgan fingerprint density at radius 3 is 2.90 bits per heavy atom. The molecule has 0 radical (unpaired) electrons. The van der Waals surface area contributed by atoms with Gasteiger partial charge in [0, 0.05) is 34.7 Å². The molecule has 0 atom stereocenters. The van der Waals surface area contributed by atoms with Crippen LogP contribution in [0, 0.1) is 0 Å². The van der Waals surface area contributed by atoms with E-state index in [1.54, 1.807) is 7.05 Å². The Balaban J connectivity index is 1.92. The lowest BCUT2D eigenvalue weighted by Gasteiger charge is -2.08. The van der Waals surface area contributed by atoms with E-state index in [0.29, 0.717) is 12.3 Å². The number of nitrogens with one attached hydrogen (secondary N) is 2. The highest BCUT2D eigenvalue weighted by molar-refractivity contribution is 9.10. The number of ether oxygens (including phenoxy) is 1. The van der Waals surface area contributed by atoms with Crippen LogP contribution in [0.5, 0.6) is 5.75 Å². The highest BCUT2D eigenvalue weighted by Gasteiger charge is 2.05. The Morgan fingerprint density at radius 2 is 2.24 bits per heavy atom. The van der Waals surface area contributed by atoms with Crippen molar-refractivity contribution in [1.29, 1.82) is 0 Å². The molecule has 0 unspecified atom stereocenters. The molecule has 1 aromatic carbocycles. The Morgan fingerprint density at radius 1 is 1.43 bits per heavy atom. The van der Waals surface area contributed by atoms with Gasteiger partial charge in [-0.3, -0.25) is 4.79 Å². The minimum absolute atomic E-state index is 0.00737. The van der Waals surface area contributed by atoms with E-state index in [-0.39, 0.29) is 12.5 Å². The van der Waals surface area contributed by atoms with Crippen LogP contribution in [-0.2, 0) is 11.3 Å². The van der Waals surface area contributed by atoms with Gasteiger partial charge < -0.3 is 15.4 Å². The molecule has 1 aromatic heterocycles. The van der Waals surface area contributed by atoms with Gasteiger partial charge in [-0.2, -0.15) is 0 Å². The molecule has 0 spiro atoms. The zero-order valence-corrected chi connectivity index (χ0v) is 14.4. The third kappa shape index (κ3) is 4.91. The summed E-state index contributed by atoms with van der Waals surface area (Å²) in [6.45, 7) is 0.683. The number of anilines is 1. The average molecular weight is 390 g/mol. The standard InChI is InChI=1S/C14H14BrClN2O2S/c1-17-13(19)8-20-10-4-2-3-9(5-10)18-7-11-6-12(15)14(16)21-11/h2-6,18H,7-8H2,1H3,(H,17,19). The number of halogens is 2. The zero-order valence-electron chi connectivity index (χ0n) is 11.3. The van der Waals surface area contributed by atoms with Crippen molar-refractivity contribution in [3.05, 3.63) is 44.0 Å². The van der Waals surface area contributed by atoms with Gasteiger partial charge in [0.15, 0.2) is 6.61 Å². The number of thiophene rings is 1. The van der Waals surface area contributed by atoms with Gasteiger partial charge in [0.2, 0.25) is 0 Å². The molecule has 21 heavy (non-hydrogen) atoms. The van der Waals surface area contributed by atoms with Crippen molar-refractivity contribution in [3.63, 3.8) is 0 Å². The number of benzene rings is 1. The average Bonchev–Trinajstić information content (AvgIpc) is 2.82. The van der Waals surface area contributed by atoms with Crippen LogP contribution in [0.2, 0.25) is 4.34 Å². The van der Waals surface area contributed by atoms with Gasteiger partial charge in [0.25, 0.3) is 5.91 Å². The summed E-state index contributed by atoms with van der Waals surface area (Å²) in [6, 6.07) is 9.47. The van der Waals surface area contributed by atoms with Crippen molar-refractivity contribution in [3.8, 4) is 5.75 Å². The van der Waals surface area contributed by atoms with Gasteiger partial charge in [0.05, 0.1) is 0 Å². The van der Waals surface area contributed by atoms with Crippen molar-refractivity contribution in [2.24, 2.45) is 0 Å². The molecule has 2 rings (SSSR count). The second-order valence-corrected chi connectivity index (χ2v) is 6.77. The van der Waals surface area contributed by atoms with Gasteiger partial charge in [-0.1, -0.05) is 17.7 Å². The van der Waals surface area contributed by atoms with E-state index >= 15 is 0 Å². The summed E-state index contributed by atoms with van der Waals surface area (Å²) in [4.78, 5) is 12.3. The molecule has 7 heteroatoms. The maximum atomic E-state index is 11.1. The van der Waals surface area contributed by atoms with Crippen LogP contribution >= 0.6 is 38.9 Å². The van der Waals surface area contributed by atoms with Crippen LogP contribution < -0.4 is 15.4 Å². The predicted molar refractivity (Wildman–Crippen MR) is 90.4 cm³/mol. The molecule has 1 heterocycles. The third-order valence-electron chi connectivity index (χ3n) is 2.65. The number of hydrogen-bond donors (Lipinski definition) is 2. The second kappa shape index (κ2) is 7.68. The van der Waals surface area contributed by atoms with E-state index in [1.165, 1.54) is 11.3 Å². The normalized spacial score (nSPS) is 10.2. The molecule has 2 N–H and O–H groups in total. The van der Waals surface area contributed by atoms with Gasteiger partial charge in [-0.25, -0.2) is 0 Å². The van der Waals surface area contributed by atoms with Crippen LogP contribution in [-0.4, -0.2) is 19.6 Å². The fraction of sp³-hybridized carbons (Fsp3) is 0.214. The van der Waals surface area contributed by atoms with Gasteiger partial charge in [-0.15, -0.1) is 11.3 Å². The fourth-order valence-corrected chi connectivity index (χ4v) is 3.31. The molecular formula is C14H14BrClN2O2S. The lowest BCUT2D eigenvalue weighted by molar-refractivity contribution is -0.122. The SMILES string of the molecule is CNC(=O)COc1cccc(NCc2cc(Br)c(Cl)s2)c1. The van der Waals surface area contributed by atoms with Crippen LogP contribution in [0.25, 0.3) is 0 Å². The first kappa shape index (κ1) is 16.1. The number of hydrogen-bond acceptors (Lipinski definition) is 4. The number of carbonyl (C=O) groups is 1. The molecule has 0 saturated heterocycles. The highest BCUT2D eigenvalue weighted by atomic mass is 79.9. The Hall–Kier alpha value is -1.24. The van der Waals surface area contributed by atoms with Crippen LogP contribution in [0.3, 0.4) is 0 Å². The topological polar surface area (TPSA) is 50.4 Å². The Bertz CT molecular complexity index is 614. The maximum Gasteiger partial charge on any atom is 0.257 e. The van der Waals surface area contributed by atoms with E-state index in [2.05, 4.69) is 26.6 Å². The van der Waals surface area contributed by atoms with Crippen molar-refractivity contribution in [2.45, 2.75) is 6.54 Å². The summed E-state index contributed by atoms with van der Waals surface area (Å²) in [6.07, 6.45) is 0. The molecule has 0 aliphatic carbocycles. The molecule has 0 aliphatic rings. The second-order valence-electron chi connectivity index (χ2n) is 4.18. The molecule has 4 nitrogen and oxygen atoms in total. The smallest absolute Gasteiger partial charge is 0.257 e. The van der Waals surface area contributed by atoms with Crippen molar-refractivity contribution >= 4 is 50.5 Å². The molecular weight excluding hydrogens is 376 g/mol. The lowest BCUT2D eigenvalue weighted by Crippen LogP contribution is -2.24. The van der Waals surface area contributed by atoms with Crippen molar-refractivity contribution < 1.29 is 9.53 Å². The van der Waals surface area contributed by atoms with E-state index in [9.17, 15) is 4.79 Å². The Kier molecular flexibility index (Phi) is 5.90. The van der Waals surface area contributed by atoms with Crippen molar-refractivity contribution in [2.75, 3.05) is 19.0 Å². The highest BCUT2D eigenvalue weighted by Crippen LogP contribution is 2.32. The number of carbonyl (C=O) groups excluding carboxylic acids is 1. The molecule has 1 amide bonds. The van der Waals surface area contributed by atoms with Gasteiger partial charge >= 0.3 is 0 Å².